The van der Waals surface area contributed by atoms with Crippen LogP contribution in [0.5, 0.6) is 11.5 Å². The van der Waals surface area contributed by atoms with Crippen LogP contribution in [0.15, 0.2) is 12.1 Å². The maximum absolute atomic E-state index is 12.0. The van der Waals surface area contributed by atoms with Gasteiger partial charge in [-0.25, -0.2) is 0 Å². The minimum absolute atomic E-state index is 0.0298. The molecule has 0 spiro atoms. The van der Waals surface area contributed by atoms with Gasteiger partial charge in [0, 0.05) is 18.0 Å². The summed E-state index contributed by atoms with van der Waals surface area (Å²) < 4.78 is 10.3. The normalized spacial score (nSPS) is 14.5. The number of rotatable bonds is 7. The van der Waals surface area contributed by atoms with Crippen LogP contribution in [0.2, 0.25) is 0 Å². The lowest BCUT2D eigenvalue weighted by Crippen LogP contribution is -2.31. The van der Waals surface area contributed by atoms with Crippen molar-refractivity contribution in [3.8, 4) is 11.5 Å². The summed E-state index contributed by atoms with van der Waals surface area (Å²) in [6, 6.07) is 2.95. The number of nitro groups is 1. The molecule has 1 aliphatic carbocycles. The molecule has 0 saturated heterocycles. The molecule has 1 aliphatic rings. The number of nitrogens with one attached hydrogen (secondary N) is 1. The van der Waals surface area contributed by atoms with Gasteiger partial charge in [0.2, 0.25) is 5.91 Å². The van der Waals surface area contributed by atoms with Crippen LogP contribution in [-0.4, -0.2) is 31.6 Å². The van der Waals surface area contributed by atoms with E-state index in [1.165, 1.54) is 20.3 Å². The molecule has 0 unspecified atom stereocenters. The first-order chi connectivity index (χ1) is 11.1. The van der Waals surface area contributed by atoms with Crippen LogP contribution in [-0.2, 0) is 11.2 Å². The molecule has 1 saturated carbocycles. The zero-order valence-electron chi connectivity index (χ0n) is 13.5. The van der Waals surface area contributed by atoms with Crippen LogP contribution in [0.4, 0.5) is 5.69 Å². The fourth-order valence-corrected chi connectivity index (χ4v) is 2.93. The number of nitro benzene ring substituents is 1. The first-order valence-electron chi connectivity index (χ1n) is 7.73. The second kappa shape index (κ2) is 7.80. The molecule has 2 rings (SSSR count). The molecule has 1 fully saturated rings. The Bertz CT molecular complexity index is 582. The molecule has 23 heavy (non-hydrogen) atoms. The van der Waals surface area contributed by atoms with Crippen molar-refractivity contribution in [3.63, 3.8) is 0 Å². The summed E-state index contributed by atoms with van der Waals surface area (Å²) in [7, 11) is 2.92. The largest absolute Gasteiger partial charge is 0.493 e. The van der Waals surface area contributed by atoms with Crippen molar-refractivity contribution in [2.45, 2.75) is 32.1 Å². The number of carbonyl (C=O) groups is 1. The van der Waals surface area contributed by atoms with Crippen LogP contribution < -0.4 is 14.8 Å². The van der Waals surface area contributed by atoms with Crippen molar-refractivity contribution in [2.75, 3.05) is 20.8 Å². The van der Waals surface area contributed by atoms with E-state index in [0.717, 1.165) is 25.7 Å². The molecule has 0 bridgehead atoms. The Morgan fingerprint density at radius 2 is 1.87 bits per heavy atom. The van der Waals surface area contributed by atoms with Crippen molar-refractivity contribution < 1.29 is 19.2 Å². The topological polar surface area (TPSA) is 90.7 Å². The van der Waals surface area contributed by atoms with Crippen molar-refractivity contribution >= 4 is 11.6 Å². The van der Waals surface area contributed by atoms with Crippen molar-refractivity contribution in [1.82, 2.24) is 5.32 Å². The molecule has 1 N–H and O–H groups in total. The zero-order chi connectivity index (χ0) is 16.8. The van der Waals surface area contributed by atoms with Gasteiger partial charge in [0.15, 0.2) is 11.5 Å². The van der Waals surface area contributed by atoms with Gasteiger partial charge in [-0.05, 0) is 25.3 Å². The van der Waals surface area contributed by atoms with Gasteiger partial charge in [0.1, 0.15) is 0 Å². The molecule has 1 aromatic carbocycles. The summed E-state index contributed by atoms with van der Waals surface area (Å²) in [4.78, 5) is 22.8. The van der Waals surface area contributed by atoms with Gasteiger partial charge in [-0.1, -0.05) is 12.8 Å². The van der Waals surface area contributed by atoms with Crippen LogP contribution in [0.25, 0.3) is 0 Å². The highest BCUT2D eigenvalue weighted by Crippen LogP contribution is 2.34. The quantitative estimate of drug-likeness (QED) is 0.615. The summed E-state index contributed by atoms with van der Waals surface area (Å²) in [6.45, 7) is 0.367. The lowest BCUT2D eigenvalue weighted by molar-refractivity contribution is -0.385. The van der Waals surface area contributed by atoms with E-state index in [1.807, 2.05) is 0 Å². The number of hydrogen-bond donors (Lipinski definition) is 1. The number of ether oxygens (including phenoxy) is 2. The molecule has 7 heteroatoms. The number of amides is 1. The SMILES string of the molecule is COc1cc(CCNC(=O)C2CCCC2)c([N+](=O)[O-])cc1OC. The van der Waals surface area contributed by atoms with E-state index in [-0.39, 0.29) is 17.5 Å². The highest BCUT2D eigenvalue weighted by atomic mass is 16.6. The summed E-state index contributed by atoms with van der Waals surface area (Å²) in [5.74, 6) is 0.897. The number of nitrogens with zero attached hydrogens (tertiary/aromatic N) is 1. The Morgan fingerprint density at radius 3 is 2.43 bits per heavy atom. The highest BCUT2D eigenvalue weighted by molar-refractivity contribution is 5.78. The van der Waals surface area contributed by atoms with Crippen molar-refractivity contribution in [1.29, 1.82) is 0 Å². The molecule has 0 aliphatic heterocycles. The number of benzene rings is 1. The predicted octanol–water partition coefficient (Wildman–Crippen LogP) is 2.46. The minimum Gasteiger partial charge on any atom is -0.493 e. The summed E-state index contributed by atoms with van der Waals surface area (Å²) in [6.07, 6.45) is 4.43. The zero-order valence-corrected chi connectivity index (χ0v) is 13.5. The van der Waals surface area contributed by atoms with Crippen LogP contribution in [0.1, 0.15) is 31.2 Å². The fraction of sp³-hybridized carbons (Fsp3) is 0.562. The molecule has 1 aromatic rings. The lowest BCUT2D eigenvalue weighted by atomic mass is 10.1. The molecule has 0 heterocycles. The van der Waals surface area contributed by atoms with Gasteiger partial charge in [0.25, 0.3) is 5.69 Å². The van der Waals surface area contributed by atoms with Gasteiger partial charge < -0.3 is 14.8 Å². The Balaban J connectivity index is 2.05. The molecular weight excluding hydrogens is 300 g/mol. The number of methoxy groups -OCH3 is 2. The third-order valence-electron chi connectivity index (χ3n) is 4.20. The van der Waals surface area contributed by atoms with E-state index in [1.54, 1.807) is 6.07 Å². The molecule has 0 atom stereocenters. The van der Waals surface area contributed by atoms with E-state index in [4.69, 9.17) is 9.47 Å². The van der Waals surface area contributed by atoms with E-state index in [0.29, 0.717) is 30.0 Å². The Kier molecular flexibility index (Phi) is 5.78. The first kappa shape index (κ1) is 17.1. The maximum Gasteiger partial charge on any atom is 0.276 e. The van der Waals surface area contributed by atoms with Crippen molar-refractivity contribution in [3.05, 3.63) is 27.8 Å². The van der Waals surface area contributed by atoms with Crippen LogP contribution in [0.3, 0.4) is 0 Å². The minimum atomic E-state index is -0.448. The van der Waals surface area contributed by atoms with Crippen LogP contribution in [0, 0.1) is 16.0 Å². The average molecular weight is 322 g/mol. The van der Waals surface area contributed by atoms with Crippen LogP contribution >= 0.6 is 0 Å². The molecule has 126 valence electrons. The Hall–Kier alpha value is -2.31. The summed E-state index contributed by atoms with van der Waals surface area (Å²) in [5, 5.41) is 14.1. The Labute approximate surface area is 135 Å². The summed E-state index contributed by atoms with van der Waals surface area (Å²) in [5.41, 5.74) is 0.483. The maximum atomic E-state index is 12.0. The number of carbonyl (C=O) groups excluding carboxylic acids is 1. The third-order valence-corrected chi connectivity index (χ3v) is 4.20. The second-order valence-corrected chi connectivity index (χ2v) is 5.62. The van der Waals surface area contributed by atoms with E-state index in [9.17, 15) is 14.9 Å². The Morgan fingerprint density at radius 1 is 1.26 bits per heavy atom. The van der Waals surface area contributed by atoms with Crippen molar-refractivity contribution in [2.24, 2.45) is 5.92 Å². The van der Waals surface area contributed by atoms with E-state index in [2.05, 4.69) is 5.32 Å². The van der Waals surface area contributed by atoms with Gasteiger partial charge in [-0.15, -0.1) is 0 Å². The number of hydrogen-bond acceptors (Lipinski definition) is 5. The van der Waals surface area contributed by atoms with Gasteiger partial charge >= 0.3 is 0 Å². The average Bonchev–Trinajstić information content (AvgIpc) is 3.08. The molecule has 0 aromatic heterocycles. The molecule has 7 nitrogen and oxygen atoms in total. The fourth-order valence-electron chi connectivity index (χ4n) is 2.93. The molecular formula is C16H22N2O5. The second-order valence-electron chi connectivity index (χ2n) is 5.62. The van der Waals surface area contributed by atoms with Gasteiger partial charge in [0.05, 0.1) is 25.2 Å². The molecule has 0 radical (unpaired) electrons. The lowest BCUT2D eigenvalue weighted by Gasteiger charge is -2.12. The predicted molar refractivity (Wildman–Crippen MR) is 84.9 cm³/mol. The monoisotopic (exact) mass is 322 g/mol. The third kappa shape index (κ3) is 4.12. The van der Waals surface area contributed by atoms with E-state index >= 15 is 0 Å². The molecule has 1 amide bonds. The highest BCUT2D eigenvalue weighted by Gasteiger charge is 2.23. The van der Waals surface area contributed by atoms with Gasteiger partial charge in [-0.2, -0.15) is 0 Å². The van der Waals surface area contributed by atoms with E-state index < -0.39 is 4.92 Å². The summed E-state index contributed by atoms with van der Waals surface area (Å²) >= 11 is 0. The smallest absolute Gasteiger partial charge is 0.276 e. The van der Waals surface area contributed by atoms with Gasteiger partial charge in [-0.3, -0.25) is 14.9 Å². The standard InChI is InChI=1S/C16H22N2O5/c1-22-14-9-12(13(18(20)21)10-15(14)23-2)7-8-17-16(19)11-5-3-4-6-11/h9-11H,3-8H2,1-2H3,(H,17,19). The first-order valence-corrected chi connectivity index (χ1v) is 7.73.